The quantitative estimate of drug-likeness (QED) is 0.138. The van der Waals surface area contributed by atoms with Crippen molar-refractivity contribution in [2.45, 2.75) is 0 Å². The first kappa shape index (κ1) is 27.9. The molecule has 0 aliphatic rings. The van der Waals surface area contributed by atoms with E-state index in [0.717, 1.165) is 61.6 Å². The maximum atomic E-state index is 13.4. The van der Waals surface area contributed by atoms with Crippen LogP contribution >= 0.6 is 0 Å². The number of nitrogens with zero attached hydrogens (tertiary/aromatic N) is 1. The molecule has 0 bridgehead atoms. The van der Waals surface area contributed by atoms with Gasteiger partial charge in [-0.3, -0.25) is 4.79 Å². The van der Waals surface area contributed by atoms with Crippen LogP contribution in [0.3, 0.4) is 0 Å². The Hall–Kier alpha value is -5.87. The molecule has 0 N–H and O–H groups in total. The van der Waals surface area contributed by atoms with Crippen molar-refractivity contribution in [1.29, 1.82) is 0 Å². The number of pyridine rings is 1. The summed E-state index contributed by atoms with van der Waals surface area (Å²) in [5.74, 6) is 1.61. The lowest BCUT2D eigenvalue weighted by molar-refractivity contribution is 0.414. The number of hydrogen-bond acceptors (Lipinski definition) is 3. The number of aromatic nitrogens is 1. The van der Waals surface area contributed by atoms with Gasteiger partial charge in [0.25, 0.3) is 0 Å². The van der Waals surface area contributed by atoms with Crippen molar-refractivity contribution in [1.82, 2.24) is 4.57 Å². The van der Waals surface area contributed by atoms with Gasteiger partial charge in [0, 0.05) is 16.5 Å². The molecule has 0 saturated carbocycles. The molecule has 0 unspecified atom stereocenters. The van der Waals surface area contributed by atoms with E-state index in [1.165, 1.54) is 0 Å². The van der Waals surface area contributed by atoms with E-state index in [1.54, 1.807) is 14.2 Å². The average Bonchev–Trinajstić information content (AvgIpc) is 3.12. The van der Waals surface area contributed by atoms with E-state index >= 15 is 0 Å². The Kier molecular flexibility index (Phi) is 7.46. The van der Waals surface area contributed by atoms with Crippen LogP contribution < -0.4 is 14.9 Å². The number of para-hydroxylation sites is 2. The van der Waals surface area contributed by atoms with Gasteiger partial charge < -0.3 is 14.0 Å². The van der Waals surface area contributed by atoms with Crippen LogP contribution in [0.15, 0.2) is 156 Å². The third-order valence-electron chi connectivity index (χ3n) is 8.26. The van der Waals surface area contributed by atoms with E-state index in [1.807, 2.05) is 78.9 Å². The van der Waals surface area contributed by atoms with Gasteiger partial charge in [-0.2, -0.15) is 0 Å². The number of rotatable bonds is 7. The van der Waals surface area contributed by atoms with Crippen molar-refractivity contribution in [2.75, 3.05) is 14.2 Å². The minimum absolute atomic E-state index is 0.0481. The zero-order valence-electron chi connectivity index (χ0n) is 25.1. The zero-order chi connectivity index (χ0) is 30.8. The first-order valence-electron chi connectivity index (χ1n) is 14.9. The maximum absolute atomic E-state index is 13.4. The van der Waals surface area contributed by atoms with Gasteiger partial charge >= 0.3 is 0 Å². The fraction of sp³-hybridized carbons (Fsp3) is 0.0488. The van der Waals surface area contributed by atoms with Gasteiger partial charge in [0.05, 0.1) is 25.3 Å². The molecule has 1 aromatic heterocycles. The van der Waals surface area contributed by atoms with Crippen LogP contribution in [-0.4, -0.2) is 18.8 Å². The Morgan fingerprint density at radius 1 is 0.444 bits per heavy atom. The molecule has 7 rings (SSSR count). The highest BCUT2D eigenvalue weighted by Gasteiger charge is 2.18. The van der Waals surface area contributed by atoms with E-state index < -0.39 is 0 Å². The van der Waals surface area contributed by atoms with Crippen LogP contribution in [-0.2, 0) is 0 Å². The number of benzene rings is 6. The second kappa shape index (κ2) is 12.0. The minimum Gasteiger partial charge on any atom is -0.497 e. The molecule has 45 heavy (non-hydrogen) atoms. The molecule has 0 spiro atoms. The van der Waals surface area contributed by atoms with Crippen molar-refractivity contribution >= 4 is 33.0 Å². The Morgan fingerprint density at radius 2 is 0.822 bits per heavy atom. The number of methoxy groups -OCH3 is 2. The Morgan fingerprint density at radius 3 is 1.27 bits per heavy atom. The fourth-order valence-electron chi connectivity index (χ4n) is 6.08. The van der Waals surface area contributed by atoms with Gasteiger partial charge in [0.15, 0.2) is 5.43 Å². The Balaban J connectivity index is 1.48. The summed E-state index contributed by atoms with van der Waals surface area (Å²) in [6, 6.07) is 51.2. The van der Waals surface area contributed by atoms with E-state index in [2.05, 4.69) is 77.4 Å². The van der Waals surface area contributed by atoms with E-state index in [4.69, 9.17) is 9.47 Å². The second-order valence-electron chi connectivity index (χ2n) is 10.8. The highest BCUT2D eigenvalue weighted by atomic mass is 16.5. The van der Waals surface area contributed by atoms with Crippen LogP contribution in [0.2, 0.25) is 0 Å². The molecular formula is C41H31NO3. The third kappa shape index (κ3) is 5.17. The van der Waals surface area contributed by atoms with Crippen molar-refractivity contribution in [3.05, 3.63) is 184 Å². The molecule has 1 heterocycles. The highest BCUT2D eigenvalue weighted by molar-refractivity contribution is 6.05. The predicted octanol–water partition coefficient (Wildman–Crippen LogP) is 9.17. The van der Waals surface area contributed by atoms with Gasteiger partial charge in [0.1, 0.15) is 11.5 Å². The normalized spacial score (nSPS) is 11.0. The second-order valence-corrected chi connectivity index (χ2v) is 10.8. The lowest BCUT2D eigenvalue weighted by Gasteiger charge is -2.20. The van der Waals surface area contributed by atoms with Crippen molar-refractivity contribution in [3.63, 3.8) is 0 Å². The lowest BCUT2D eigenvalue weighted by Crippen LogP contribution is -2.10. The van der Waals surface area contributed by atoms with Crippen molar-refractivity contribution < 1.29 is 9.47 Å². The van der Waals surface area contributed by atoms with Crippen molar-refractivity contribution in [3.8, 4) is 17.2 Å². The van der Waals surface area contributed by atoms with Gasteiger partial charge in [-0.05, 0) is 94.1 Å². The predicted molar refractivity (Wildman–Crippen MR) is 184 cm³/mol. The van der Waals surface area contributed by atoms with Crippen LogP contribution in [0.5, 0.6) is 11.5 Å². The Bertz CT molecular complexity index is 2100. The molecule has 7 aromatic rings. The molecule has 0 amide bonds. The summed E-state index contributed by atoms with van der Waals surface area (Å²) in [6.45, 7) is 0. The molecule has 0 saturated heterocycles. The third-order valence-corrected chi connectivity index (χ3v) is 8.26. The molecule has 4 heteroatoms. The average molecular weight is 586 g/mol. The summed E-state index contributed by atoms with van der Waals surface area (Å²) < 4.78 is 13.1. The maximum Gasteiger partial charge on any atom is 0.197 e. The van der Waals surface area contributed by atoms with Gasteiger partial charge in [0.2, 0.25) is 0 Å². The molecular weight excluding hydrogens is 554 g/mol. The molecule has 0 atom stereocenters. The van der Waals surface area contributed by atoms with E-state index in [-0.39, 0.29) is 5.43 Å². The summed E-state index contributed by atoms with van der Waals surface area (Å²) in [7, 11) is 3.36. The fourth-order valence-corrected chi connectivity index (χ4v) is 6.08. The summed E-state index contributed by atoms with van der Waals surface area (Å²) in [5.41, 5.74) is 9.30. The zero-order valence-corrected chi connectivity index (χ0v) is 25.1. The number of ether oxygens (including phenoxy) is 2. The van der Waals surface area contributed by atoms with Crippen molar-refractivity contribution in [2.24, 2.45) is 0 Å². The van der Waals surface area contributed by atoms with E-state index in [9.17, 15) is 4.79 Å². The first-order valence-corrected chi connectivity index (χ1v) is 14.9. The van der Waals surface area contributed by atoms with E-state index in [0.29, 0.717) is 10.8 Å². The summed E-state index contributed by atoms with van der Waals surface area (Å²) in [6.07, 6.45) is 0. The van der Waals surface area contributed by atoms with Gasteiger partial charge in [-0.15, -0.1) is 0 Å². The lowest BCUT2D eigenvalue weighted by atomic mass is 9.85. The molecule has 0 radical (unpaired) electrons. The summed E-state index contributed by atoms with van der Waals surface area (Å²) in [4.78, 5) is 13.4. The smallest absolute Gasteiger partial charge is 0.197 e. The SMILES string of the molecule is COc1ccc(C(=C(c2ccccc2)c2ccc(-n3c4ccccc4c(=O)c4ccccc43)cc2)c2ccc(OC)cc2)cc1. The summed E-state index contributed by atoms with van der Waals surface area (Å²) in [5, 5.41) is 1.40. The molecule has 0 aliphatic carbocycles. The summed E-state index contributed by atoms with van der Waals surface area (Å²) >= 11 is 0. The standard InChI is InChI=1S/C41H31NO3/c1-44-33-24-18-30(19-25-33)40(31-20-26-34(45-2)27-21-31)39(28-10-4-3-5-11-28)29-16-22-32(23-17-29)42-37-14-8-6-12-35(37)41(43)36-13-7-9-15-38(36)42/h3-27H,1-2H3. The number of fused-ring (bicyclic) bond motifs is 2. The molecule has 218 valence electrons. The minimum atomic E-state index is 0.0481. The van der Waals surface area contributed by atoms with Crippen LogP contribution in [0, 0.1) is 0 Å². The first-order chi connectivity index (χ1) is 22.2. The van der Waals surface area contributed by atoms with Gasteiger partial charge in [-0.1, -0.05) is 91.0 Å². The topological polar surface area (TPSA) is 40.5 Å². The van der Waals surface area contributed by atoms with Crippen LogP contribution in [0.25, 0.3) is 38.6 Å². The molecule has 0 aliphatic heterocycles. The monoisotopic (exact) mass is 585 g/mol. The number of hydrogen-bond donors (Lipinski definition) is 0. The Labute approximate surface area is 262 Å². The highest BCUT2D eigenvalue weighted by Crippen LogP contribution is 2.38. The van der Waals surface area contributed by atoms with Crippen LogP contribution in [0.4, 0.5) is 0 Å². The van der Waals surface area contributed by atoms with Crippen LogP contribution in [0.1, 0.15) is 22.3 Å². The van der Waals surface area contributed by atoms with Gasteiger partial charge in [-0.25, -0.2) is 0 Å². The largest absolute Gasteiger partial charge is 0.497 e. The molecule has 4 nitrogen and oxygen atoms in total. The molecule has 6 aromatic carbocycles. The molecule has 0 fully saturated rings.